The molecular weight excluding hydrogens is 264 g/mol. The van der Waals surface area contributed by atoms with E-state index in [9.17, 15) is 0 Å². The highest BCUT2D eigenvalue weighted by atomic mass is 16.5. The minimum Gasteiger partial charge on any atom is -0.468 e. The summed E-state index contributed by atoms with van der Waals surface area (Å²) in [7, 11) is 0. The van der Waals surface area contributed by atoms with Crippen LogP contribution < -0.4 is 0 Å². The molecule has 4 heteroatoms. The Morgan fingerprint density at radius 1 is 1.24 bits per heavy atom. The first-order valence-electron chi connectivity index (χ1n) is 8.46. The fourth-order valence-electron chi connectivity index (χ4n) is 4.39. The zero-order valence-corrected chi connectivity index (χ0v) is 12.8. The fraction of sp³-hybridized carbons (Fsp3) is 0.765. The molecule has 0 radical (unpaired) electrons. The fourth-order valence-corrected chi connectivity index (χ4v) is 4.39. The lowest BCUT2D eigenvalue weighted by Gasteiger charge is -2.41. The minimum atomic E-state index is 0.109. The molecule has 4 heterocycles. The molecule has 21 heavy (non-hydrogen) atoms. The van der Waals surface area contributed by atoms with Gasteiger partial charge in [-0.3, -0.25) is 4.90 Å². The number of hydrogen-bond donors (Lipinski definition) is 0. The number of furan rings is 1. The Balaban J connectivity index is 1.38. The second kappa shape index (κ2) is 5.75. The van der Waals surface area contributed by atoms with E-state index in [0.29, 0.717) is 0 Å². The molecule has 0 aliphatic carbocycles. The highest BCUT2D eigenvalue weighted by molar-refractivity contribution is 5.02. The maximum Gasteiger partial charge on any atom is 0.117 e. The van der Waals surface area contributed by atoms with Crippen LogP contribution in [0.25, 0.3) is 0 Å². The van der Waals surface area contributed by atoms with Gasteiger partial charge in [0.25, 0.3) is 0 Å². The van der Waals surface area contributed by atoms with Gasteiger partial charge in [0.1, 0.15) is 5.76 Å². The van der Waals surface area contributed by atoms with Crippen LogP contribution in [-0.2, 0) is 11.3 Å². The Labute approximate surface area is 127 Å². The van der Waals surface area contributed by atoms with Crippen molar-refractivity contribution in [1.82, 2.24) is 9.80 Å². The van der Waals surface area contributed by atoms with Gasteiger partial charge in [-0.25, -0.2) is 0 Å². The number of rotatable bonds is 3. The maximum absolute atomic E-state index is 6.27. The molecule has 0 N–H and O–H groups in total. The molecule has 3 saturated heterocycles. The van der Waals surface area contributed by atoms with Crippen LogP contribution in [0, 0.1) is 0 Å². The van der Waals surface area contributed by atoms with Crippen LogP contribution >= 0.6 is 0 Å². The van der Waals surface area contributed by atoms with Gasteiger partial charge in [0.05, 0.1) is 18.4 Å². The summed E-state index contributed by atoms with van der Waals surface area (Å²) < 4.78 is 11.7. The lowest BCUT2D eigenvalue weighted by molar-refractivity contribution is -0.0962. The van der Waals surface area contributed by atoms with Crippen molar-refractivity contribution in [3.05, 3.63) is 24.2 Å². The average molecular weight is 290 g/mol. The van der Waals surface area contributed by atoms with Crippen LogP contribution in [-0.4, -0.2) is 54.2 Å². The Morgan fingerprint density at radius 3 is 2.95 bits per heavy atom. The lowest BCUT2D eigenvalue weighted by atomic mass is 9.89. The first kappa shape index (κ1) is 13.8. The summed E-state index contributed by atoms with van der Waals surface area (Å²) >= 11 is 0. The first-order chi connectivity index (χ1) is 10.3. The van der Waals surface area contributed by atoms with Crippen molar-refractivity contribution in [3.8, 4) is 0 Å². The highest BCUT2D eigenvalue weighted by Crippen LogP contribution is 2.37. The monoisotopic (exact) mass is 290 g/mol. The van der Waals surface area contributed by atoms with Crippen molar-refractivity contribution in [2.45, 2.75) is 50.3 Å². The van der Waals surface area contributed by atoms with E-state index in [4.69, 9.17) is 9.15 Å². The van der Waals surface area contributed by atoms with Crippen molar-refractivity contribution in [2.75, 3.05) is 32.8 Å². The highest BCUT2D eigenvalue weighted by Gasteiger charge is 2.44. The third-order valence-electron chi connectivity index (χ3n) is 5.48. The summed E-state index contributed by atoms with van der Waals surface area (Å²) in [6.07, 6.45) is 8.16. The quantitative estimate of drug-likeness (QED) is 0.855. The van der Waals surface area contributed by atoms with Crippen LogP contribution in [0.3, 0.4) is 0 Å². The summed E-state index contributed by atoms with van der Waals surface area (Å²) in [6.45, 7) is 6.67. The zero-order valence-electron chi connectivity index (χ0n) is 12.8. The van der Waals surface area contributed by atoms with E-state index in [1.807, 2.05) is 6.07 Å². The molecule has 1 spiro atoms. The van der Waals surface area contributed by atoms with Gasteiger partial charge in [-0.15, -0.1) is 0 Å². The normalized spacial score (nSPS) is 35.0. The molecule has 4 rings (SSSR count). The van der Waals surface area contributed by atoms with E-state index >= 15 is 0 Å². The molecule has 2 atom stereocenters. The summed E-state index contributed by atoms with van der Waals surface area (Å²) in [5.74, 6) is 1.07. The molecule has 116 valence electrons. The molecule has 3 fully saturated rings. The van der Waals surface area contributed by atoms with E-state index < -0.39 is 0 Å². The minimum absolute atomic E-state index is 0.109. The van der Waals surface area contributed by atoms with Crippen molar-refractivity contribution < 1.29 is 9.15 Å². The Bertz CT molecular complexity index is 455. The molecule has 0 unspecified atom stereocenters. The van der Waals surface area contributed by atoms with Gasteiger partial charge in [-0.2, -0.15) is 0 Å². The van der Waals surface area contributed by atoms with Gasteiger partial charge < -0.3 is 14.1 Å². The van der Waals surface area contributed by atoms with E-state index in [-0.39, 0.29) is 5.60 Å². The van der Waals surface area contributed by atoms with Crippen LogP contribution in [0.15, 0.2) is 22.8 Å². The molecule has 3 aliphatic heterocycles. The predicted molar refractivity (Wildman–Crippen MR) is 81.1 cm³/mol. The molecule has 1 aromatic rings. The maximum atomic E-state index is 6.27. The van der Waals surface area contributed by atoms with E-state index in [1.54, 1.807) is 6.26 Å². The van der Waals surface area contributed by atoms with Gasteiger partial charge in [0.2, 0.25) is 0 Å². The number of likely N-dealkylation sites (tertiary alicyclic amines) is 2. The number of ether oxygens (including phenoxy) is 1. The van der Waals surface area contributed by atoms with Crippen molar-refractivity contribution >= 4 is 0 Å². The summed E-state index contributed by atoms with van der Waals surface area (Å²) in [5.41, 5.74) is 0.109. The standard InChI is InChI=1S/C17H26N2O2/c1-2-8-19(7-1)15-5-11-21-17(12-15)6-9-18(14-17)13-16-4-3-10-20-16/h3-4,10,15H,1-2,5-9,11-14H2/t15-,17+/m1/s1. The largest absolute Gasteiger partial charge is 0.468 e. The average Bonchev–Trinajstić information content (AvgIpc) is 3.22. The van der Waals surface area contributed by atoms with E-state index in [1.165, 1.54) is 45.2 Å². The smallest absolute Gasteiger partial charge is 0.117 e. The second-order valence-corrected chi connectivity index (χ2v) is 6.96. The van der Waals surface area contributed by atoms with Crippen LogP contribution in [0.4, 0.5) is 0 Å². The molecule has 3 aliphatic rings. The van der Waals surface area contributed by atoms with Crippen LogP contribution in [0.5, 0.6) is 0 Å². The van der Waals surface area contributed by atoms with Crippen molar-refractivity contribution in [1.29, 1.82) is 0 Å². The lowest BCUT2D eigenvalue weighted by Crippen LogP contribution is -2.49. The van der Waals surface area contributed by atoms with Crippen molar-refractivity contribution in [3.63, 3.8) is 0 Å². The van der Waals surface area contributed by atoms with Gasteiger partial charge in [0.15, 0.2) is 0 Å². The summed E-state index contributed by atoms with van der Waals surface area (Å²) in [5, 5.41) is 0. The molecule has 0 aromatic carbocycles. The summed E-state index contributed by atoms with van der Waals surface area (Å²) in [6, 6.07) is 4.80. The summed E-state index contributed by atoms with van der Waals surface area (Å²) in [4.78, 5) is 5.20. The van der Waals surface area contributed by atoms with Crippen LogP contribution in [0.2, 0.25) is 0 Å². The molecule has 1 aromatic heterocycles. The van der Waals surface area contributed by atoms with Crippen LogP contribution in [0.1, 0.15) is 37.9 Å². The molecule has 0 saturated carbocycles. The van der Waals surface area contributed by atoms with Gasteiger partial charge in [-0.1, -0.05) is 0 Å². The second-order valence-electron chi connectivity index (χ2n) is 6.96. The Kier molecular flexibility index (Phi) is 3.78. The Hall–Kier alpha value is -0.840. The zero-order chi connectivity index (χ0) is 14.1. The molecule has 0 amide bonds. The number of hydrogen-bond acceptors (Lipinski definition) is 4. The Morgan fingerprint density at radius 2 is 2.14 bits per heavy atom. The first-order valence-corrected chi connectivity index (χ1v) is 8.46. The SMILES string of the molecule is c1coc(CN2CC[C@]3(C[C@H](N4CCCC4)CCO3)C2)c1. The third kappa shape index (κ3) is 2.89. The van der Waals surface area contributed by atoms with Crippen molar-refractivity contribution in [2.24, 2.45) is 0 Å². The molecular formula is C17H26N2O2. The molecule has 0 bridgehead atoms. The predicted octanol–water partition coefficient (Wildman–Crippen LogP) is 2.50. The van der Waals surface area contributed by atoms with E-state index in [0.717, 1.165) is 38.0 Å². The molecule has 4 nitrogen and oxygen atoms in total. The third-order valence-corrected chi connectivity index (χ3v) is 5.48. The van der Waals surface area contributed by atoms with Gasteiger partial charge >= 0.3 is 0 Å². The topological polar surface area (TPSA) is 28.9 Å². The van der Waals surface area contributed by atoms with Gasteiger partial charge in [0, 0.05) is 25.7 Å². The van der Waals surface area contributed by atoms with E-state index in [2.05, 4.69) is 15.9 Å². The van der Waals surface area contributed by atoms with Gasteiger partial charge in [-0.05, 0) is 57.3 Å². The number of nitrogens with zero attached hydrogens (tertiary/aromatic N) is 2.